The quantitative estimate of drug-likeness (QED) is 0.462. The molecule has 0 saturated carbocycles. The minimum absolute atomic E-state index is 0.0509. The first-order valence-corrected chi connectivity index (χ1v) is 4.52. The van der Waals surface area contributed by atoms with Crippen molar-refractivity contribution in [3.05, 3.63) is 0 Å². The van der Waals surface area contributed by atoms with E-state index in [-0.39, 0.29) is 6.61 Å². The fourth-order valence-electron chi connectivity index (χ4n) is 1.08. The molecule has 1 unspecified atom stereocenters. The van der Waals surface area contributed by atoms with Gasteiger partial charge in [-0.25, -0.2) is 0 Å². The van der Waals surface area contributed by atoms with Gasteiger partial charge in [0.15, 0.2) is 6.29 Å². The number of rotatable bonds is 0. The van der Waals surface area contributed by atoms with E-state index in [4.69, 9.17) is 9.84 Å². The Morgan fingerprint density at radius 1 is 1.55 bits per heavy atom. The van der Waals surface area contributed by atoms with E-state index in [1.54, 1.807) is 0 Å². The van der Waals surface area contributed by atoms with Crippen LogP contribution in [0.5, 0.6) is 0 Å². The molecule has 1 N–H and O–H groups in total. The first-order valence-electron chi connectivity index (χ1n) is 3.06. The largest absolute Gasteiger partial charge is 0.756 e. The second-order valence-electron chi connectivity index (χ2n) is 2.39. The fraction of sp³-hybridized carbons (Fsp3) is 1.00. The van der Waals surface area contributed by atoms with Crippen LogP contribution in [0.1, 0.15) is 0 Å². The maximum Gasteiger partial charge on any atom is 0.270 e. The molecular formula is C4H6O6P-. The Bertz CT molecular complexity index is 217. The first kappa shape index (κ1) is 7.67. The van der Waals surface area contributed by atoms with Crippen molar-refractivity contribution in [1.82, 2.24) is 0 Å². The van der Waals surface area contributed by atoms with E-state index in [1.165, 1.54) is 0 Å². The molecule has 0 amide bonds. The highest BCUT2D eigenvalue weighted by atomic mass is 31.2. The highest BCUT2D eigenvalue weighted by molar-refractivity contribution is 7.46. The smallest absolute Gasteiger partial charge is 0.270 e. The highest BCUT2D eigenvalue weighted by Gasteiger charge is 2.47. The predicted molar refractivity (Wildman–Crippen MR) is 29.3 cm³/mol. The number of fused-ring (bicyclic) bond motifs is 1. The van der Waals surface area contributed by atoms with Gasteiger partial charge in [0, 0.05) is 0 Å². The summed E-state index contributed by atoms with van der Waals surface area (Å²) in [6.45, 7) is 0.0509. The monoisotopic (exact) mass is 181 g/mol. The summed E-state index contributed by atoms with van der Waals surface area (Å²) in [7, 11) is -4.19. The van der Waals surface area contributed by atoms with Crippen molar-refractivity contribution in [2.45, 2.75) is 18.5 Å². The van der Waals surface area contributed by atoms with Gasteiger partial charge in [-0.1, -0.05) is 0 Å². The molecule has 0 aromatic heterocycles. The van der Waals surface area contributed by atoms with Gasteiger partial charge in [-0.05, 0) is 0 Å². The number of phosphoric acid groups is 1. The number of ether oxygens (including phenoxy) is 1. The summed E-state index contributed by atoms with van der Waals surface area (Å²) in [5.41, 5.74) is 0. The van der Waals surface area contributed by atoms with Crippen LogP contribution >= 0.6 is 7.82 Å². The topological polar surface area (TPSA) is 88.1 Å². The maximum atomic E-state index is 10.6. The molecule has 0 aromatic rings. The van der Waals surface area contributed by atoms with Crippen molar-refractivity contribution < 1.29 is 28.3 Å². The van der Waals surface area contributed by atoms with Crippen molar-refractivity contribution in [1.29, 1.82) is 0 Å². The van der Waals surface area contributed by atoms with E-state index in [1.807, 2.05) is 0 Å². The van der Waals surface area contributed by atoms with Crippen LogP contribution in [0, 0.1) is 0 Å². The summed E-state index contributed by atoms with van der Waals surface area (Å²) in [6, 6.07) is 0. The lowest BCUT2D eigenvalue weighted by molar-refractivity contribution is -0.222. The van der Waals surface area contributed by atoms with E-state index in [9.17, 15) is 9.46 Å². The SMILES string of the molecule is O=P1([O-])O[C@H]2OC[C@@H](O)[C@H]2O1. The molecule has 11 heavy (non-hydrogen) atoms. The lowest BCUT2D eigenvalue weighted by Crippen LogP contribution is -2.27. The molecule has 64 valence electrons. The number of aliphatic hydroxyl groups excluding tert-OH is 1. The van der Waals surface area contributed by atoms with Gasteiger partial charge < -0.3 is 19.3 Å². The Morgan fingerprint density at radius 2 is 2.27 bits per heavy atom. The van der Waals surface area contributed by atoms with Gasteiger partial charge in [0.1, 0.15) is 12.2 Å². The molecule has 2 rings (SSSR count). The Kier molecular flexibility index (Phi) is 1.57. The normalized spacial score (nSPS) is 56.4. The average molecular weight is 181 g/mol. The minimum atomic E-state index is -4.19. The third-order valence-electron chi connectivity index (χ3n) is 1.56. The van der Waals surface area contributed by atoms with Gasteiger partial charge in [-0.15, -0.1) is 0 Å². The van der Waals surface area contributed by atoms with Crippen molar-refractivity contribution in [3.63, 3.8) is 0 Å². The molecule has 0 radical (unpaired) electrons. The number of hydrogen-bond donors (Lipinski definition) is 1. The van der Waals surface area contributed by atoms with Crippen LogP contribution in [0.4, 0.5) is 0 Å². The molecule has 2 heterocycles. The second-order valence-corrected chi connectivity index (χ2v) is 3.71. The third-order valence-corrected chi connectivity index (χ3v) is 2.53. The summed E-state index contributed by atoms with van der Waals surface area (Å²) in [5.74, 6) is 0. The van der Waals surface area contributed by atoms with Gasteiger partial charge in [0.2, 0.25) is 0 Å². The molecule has 7 heteroatoms. The van der Waals surface area contributed by atoms with E-state index in [0.29, 0.717) is 0 Å². The average Bonchev–Trinajstić information content (AvgIpc) is 2.31. The number of phosphoric ester groups is 1. The number of aliphatic hydroxyl groups is 1. The van der Waals surface area contributed by atoms with E-state index < -0.39 is 26.3 Å². The van der Waals surface area contributed by atoms with E-state index >= 15 is 0 Å². The predicted octanol–water partition coefficient (Wildman–Crippen LogP) is -1.41. The molecule has 0 bridgehead atoms. The van der Waals surface area contributed by atoms with Crippen LogP contribution in [0.2, 0.25) is 0 Å². The van der Waals surface area contributed by atoms with Gasteiger partial charge in [-0.3, -0.25) is 9.09 Å². The second kappa shape index (κ2) is 2.26. The summed E-state index contributed by atoms with van der Waals surface area (Å²) < 4.78 is 24.1. The summed E-state index contributed by atoms with van der Waals surface area (Å²) in [6.07, 6.45) is -2.74. The molecule has 2 fully saturated rings. The molecule has 2 aliphatic heterocycles. The zero-order valence-corrected chi connectivity index (χ0v) is 6.27. The van der Waals surface area contributed by atoms with Crippen molar-refractivity contribution in [3.8, 4) is 0 Å². The molecule has 0 aromatic carbocycles. The van der Waals surface area contributed by atoms with Gasteiger partial charge in [-0.2, -0.15) is 0 Å². The summed E-state index contributed by atoms with van der Waals surface area (Å²) >= 11 is 0. The van der Waals surface area contributed by atoms with E-state index in [0.717, 1.165) is 0 Å². The van der Waals surface area contributed by atoms with Crippen LogP contribution in [0.3, 0.4) is 0 Å². The minimum Gasteiger partial charge on any atom is -0.756 e. The Hall–Kier alpha value is 0.0300. The molecule has 0 aliphatic carbocycles. The maximum absolute atomic E-state index is 10.6. The van der Waals surface area contributed by atoms with Crippen molar-refractivity contribution in [2.24, 2.45) is 0 Å². The van der Waals surface area contributed by atoms with Gasteiger partial charge in [0.05, 0.1) is 6.61 Å². The fourth-order valence-corrected chi connectivity index (χ4v) is 2.10. The molecule has 6 nitrogen and oxygen atoms in total. The third kappa shape index (κ3) is 1.22. The summed E-state index contributed by atoms with van der Waals surface area (Å²) in [5, 5.41) is 9.04. The first-order chi connectivity index (χ1) is 5.08. The van der Waals surface area contributed by atoms with Crippen LogP contribution in [-0.2, 0) is 18.3 Å². The van der Waals surface area contributed by atoms with Crippen LogP contribution in [-0.4, -0.2) is 30.2 Å². The number of hydrogen-bond acceptors (Lipinski definition) is 6. The highest BCUT2D eigenvalue weighted by Crippen LogP contribution is 2.51. The molecule has 2 aliphatic rings. The Labute approximate surface area is 62.3 Å². The van der Waals surface area contributed by atoms with Crippen LogP contribution < -0.4 is 4.89 Å². The van der Waals surface area contributed by atoms with Gasteiger partial charge >= 0.3 is 0 Å². The lowest BCUT2D eigenvalue weighted by atomic mass is 10.2. The Morgan fingerprint density at radius 3 is 2.91 bits per heavy atom. The standard InChI is InChI=1S/C4H7O6P/c5-2-1-8-4-3(2)9-11(6,7)10-4/h2-5H,1H2,(H,6,7)/p-1/t2-,3-,4-/m1/s1. The Balaban J connectivity index is 2.16. The van der Waals surface area contributed by atoms with Gasteiger partial charge in [0.25, 0.3) is 7.82 Å². The molecular weight excluding hydrogens is 175 g/mol. The van der Waals surface area contributed by atoms with Crippen LogP contribution in [0.15, 0.2) is 0 Å². The lowest BCUT2D eigenvalue weighted by Gasteiger charge is -2.15. The van der Waals surface area contributed by atoms with E-state index in [2.05, 4.69) is 9.05 Å². The molecule has 4 atom stereocenters. The molecule has 2 saturated heterocycles. The summed E-state index contributed by atoms with van der Waals surface area (Å²) in [4.78, 5) is 10.6. The van der Waals surface area contributed by atoms with Crippen molar-refractivity contribution >= 4 is 7.82 Å². The molecule has 0 spiro atoms. The zero-order chi connectivity index (χ0) is 8.06. The van der Waals surface area contributed by atoms with Crippen LogP contribution in [0.25, 0.3) is 0 Å². The van der Waals surface area contributed by atoms with Crippen molar-refractivity contribution in [2.75, 3.05) is 6.61 Å². The zero-order valence-electron chi connectivity index (χ0n) is 5.37.